The van der Waals surface area contributed by atoms with Crippen molar-refractivity contribution in [3.8, 4) is 5.75 Å². The smallest absolute Gasteiger partial charge is 0.228 e. The van der Waals surface area contributed by atoms with Gasteiger partial charge in [-0.3, -0.25) is 14.9 Å². The second-order valence-electron chi connectivity index (χ2n) is 8.07. The lowest BCUT2D eigenvalue weighted by molar-refractivity contribution is -0.115. The number of amides is 1. The minimum Gasteiger partial charge on any atom is -0.496 e. The van der Waals surface area contributed by atoms with Gasteiger partial charge < -0.3 is 10.1 Å². The predicted molar refractivity (Wildman–Crippen MR) is 145 cm³/mol. The lowest BCUT2D eigenvalue weighted by atomic mass is 10.1. The Bertz CT molecular complexity index is 1530. The van der Waals surface area contributed by atoms with Crippen LogP contribution in [0.5, 0.6) is 5.75 Å². The molecule has 36 heavy (non-hydrogen) atoms. The van der Waals surface area contributed by atoms with Crippen molar-refractivity contribution < 1.29 is 9.53 Å². The van der Waals surface area contributed by atoms with Crippen molar-refractivity contribution in [1.82, 2.24) is 15.2 Å². The normalized spacial score (nSPS) is 11.1. The summed E-state index contributed by atoms with van der Waals surface area (Å²) in [5.41, 5.74) is 4.32. The average molecular weight is 493 g/mol. The summed E-state index contributed by atoms with van der Waals surface area (Å²) in [6, 6.07) is 27.4. The van der Waals surface area contributed by atoms with Gasteiger partial charge in [0.1, 0.15) is 5.75 Å². The molecule has 0 atom stereocenters. The topological polar surface area (TPSA) is 79.9 Å². The van der Waals surface area contributed by atoms with E-state index in [0.717, 1.165) is 43.3 Å². The van der Waals surface area contributed by atoms with Gasteiger partial charge in [0.25, 0.3) is 0 Å². The number of pyridine rings is 1. The molecule has 2 aromatic heterocycles. The average Bonchev–Trinajstić information content (AvgIpc) is 3.31. The second kappa shape index (κ2) is 10.9. The fraction of sp³-hybridized carbons (Fsp3) is 0.0690. The first kappa shape index (κ1) is 23.4. The molecule has 178 valence electrons. The van der Waals surface area contributed by atoms with Gasteiger partial charge in [-0.1, -0.05) is 42.1 Å². The maximum atomic E-state index is 12.6. The number of para-hydroxylation sites is 1. The van der Waals surface area contributed by atoms with Crippen LogP contribution in [-0.2, 0) is 11.2 Å². The summed E-state index contributed by atoms with van der Waals surface area (Å²) in [5, 5.41) is 11.6. The molecule has 0 spiro atoms. The van der Waals surface area contributed by atoms with E-state index in [4.69, 9.17) is 4.74 Å². The number of rotatable bonds is 8. The zero-order chi connectivity index (χ0) is 24.7. The maximum Gasteiger partial charge on any atom is 0.228 e. The van der Waals surface area contributed by atoms with Gasteiger partial charge in [0.2, 0.25) is 5.91 Å². The van der Waals surface area contributed by atoms with Crippen LogP contribution in [0.2, 0.25) is 0 Å². The van der Waals surface area contributed by atoms with E-state index in [-0.39, 0.29) is 12.3 Å². The van der Waals surface area contributed by atoms with Crippen LogP contribution in [0.4, 0.5) is 5.69 Å². The molecule has 7 heteroatoms. The molecule has 5 rings (SSSR count). The number of ether oxygens (including phenoxy) is 1. The Morgan fingerprint density at radius 1 is 0.972 bits per heavy atom. The van der Waals surface area contributed by atoms with Crippen molar-refractivity contribution in [2.24, 2.45) is 0 Å². The Labute approximate surface area is 213 Å². The van der Waals surface area contributed by atoms with Gasteiger partial charge >= 0.3 is 0 Å². The standard InChI is InChI=1S/C29H24N4O2S/c1-35-28-11-3-2-7-20(28)17-29(34)31-22-9-6-10-23(18-22)36-24-13-14-25-26(32-33-27(25)19-24)15-12-21-8-4-5-16-30-21/h2-16,18-19H,17H2,1H3,(H,31,34)(H,32,33)/b15-12+. The molecule has 2 heterocycles. The fourth-order valence-corrected chi connectivity index (χ4v) is 4.77. The van der Waals surface area contributed by atoms with Crippen molar-refractivity contribution in [3.05, 3.63) is 108 Å². The van der Waals surface area contributed by atoms with E-state index >= 15 is 0 Å². The quantitative estimate of drug-likeness (QED) is 0.260. The van der Waals surface area contributed by atoms with E-state index in [2.05, 4.69) is 38.7 Å². The van der Waals surface area contributed by atoms with E-state index in [9.17, 15) is 4.79 Å². The van der Waals surface area contributed by atoms with Gasteiger partial charge in [-0.15, -0.1) is 0 Å². The van der Waals surface area contributed by atoms with Crippen molar-refractivity contribution >= 4 is 46.4 Å². The summed E-state index contributed by atoms with van der Waals surface area (Å²) in [6.45, 7) is 0. The zero-order valence-electron chi connectivity index (χ0n) is 19.6. The number of aromatic amines is 1. The molecule has 1 amide bonds. The minimum atomic E-state index is -0.0909. The molecular weight excluding hydrogens is 468 g/mol. The predicted octanol–water partition coefficient (Wildman–Crippen LogP) is 6.47. The van der Waals surface area contributed by atoms with Gasteiger partial charge in [0.05, 0.1) is 30.4 Å². The number of carbonyl (C=O) groups excluding carboxylic acids is 1. The lowest BCUT2D eigenvalue weighted by Crippen LogP contribution is -2.14. The number of nitrogens with zero attached hydrogens (tertiary/aromatic N) is 2. The fourth-order valence-electron chi connectivity index (χ4n) is 3.85. The SMILES string of the molecule is COc1ccccc1CC(=O)Nc1cccc(Sc2ccc3c(/C=C/c4ccccn4)n[nH]c3c2)c1. The minimum absolute atomic E-state index is 0.0909. The van der Waals surface area contributed by atoms with Crippen molar-refractivity contribution in [2.75, 3.05) is 12.4 Å². The largest absolute Gasteiger partial charge is 0.496 e. The highest BCUT2D eigenvalue weighted by Crippen LogP contribution is 2.32. The molecule has 0 saturated carbocycles. The Kier molecular flexibility index (Phi) is 7.10. The molecule has 0 aliphatic carbocycles. The lowest BCUT2D eigenvalue weighted by Gasteiger charge is -2.10. The highest BCUT2D eigenvalue weighted by molar-refractivity contribution is 7.99. The van der Waals surface area contributed by atoms with Gasteiger partial charge in [0, 0.05) is 32.6 Å². The molecule has 0 unspecified atom stereocenters. The Morgan fingerprint density at radius 3 is 2.69 bits per heavy atom. The van der Waals surface area contributed by atoms with Gasteiger partial charge in [-0.05, 0) is 66.7 Å². The highest BCUT2D eigenvalue weighted by atomic mass is 32.2. The summed E-state index contributed by atoms with van der Waals surface area (Å²) in [4.78, 5) is 19.0. The number of methoxy groups -OCH3 is 1. The Balaban J connectivity index is 1.26. The molecule has 0 radical (unpaired) electrons. The first-order valence-corrected chi connectivity index (χ1v) is 12.3. The molecule has 5 aromatic rings. The van der Waals surface area contributed by atoms with Crippen molar-refractivity contribution in [3.63, 3.8) is 0 Å². The van der Waals surface area contributed by atoms with Crippen LogP contribution in [0.15, 0.2) is 101 Å². The number of nitrogens with one attached hydrogen (secondary N) is 2. The van der Waals surface area contributed by atoms with E-state index in [1.54, 1.807) is 25.1 Å². The molecule has 0 aliphatic rings. The monoisotopic (exact) mass is 492 g/mol. The first-order valence-electron chi connectivity index (χ1n) is 11.4. The van der Waals surface area contributed by atoms with Crippen LogP contribution in [0.25, 0.3) is 23.1 Å². The summed E-state index contributed by atoms with van der Waals surface area (Å²) in [7, 11) is 1.61. The molecule has 0 bridgehead atoms. The van der Waals surface area contributed by atoms with Crippen LogP contribution in [0.1, 0.15) is 17.0 Å². The number of carbonyl (C=O) groups is 1. The van der Waals surface area contributed by atoms with E-state index in [1.165, 1.54) is 0 Å². The highest BCUT2D eigenvalue weighted by Gasteiger charge is 2.10. The first-order chi connectivity index (χ1) is 17.7. The molecular formula is C29H24N4O2S. The van der Waals surface area contributed by atoms with E-state index in [1.807, 2.05) is 78.9 Å². The van der Waals surface area contributed by atoms with Crippen LogP contribution in [0.3, 0.4) is 0 Å². The van der Waals surface area contributed by atoms with Gasteiger partial charge in [0.15, 0.2) is 0 Å². The van der Waals surface area contributed by atoms with Gasteiger partial charge in [-0.2, -0.15) is 5.10 Å². The van der Waals surface area contributed by atoms with E-state index < -0.39 is 0 Å². The van der Waals surface area contributed by atoms with Crippen LogP contribution in [0, 0.1) is 0 Å². The van der Waals surface area contributed by atoms with Crippen molar-refractivity contribution in [1.29, 1.82) is 0 Å². The maximum absolute atomic E-state index is 12.6. The number of fused-ring (bicyclic) bond motifs is 1. The number of anilines is 1. The Hall–Kier alpha value is -4.36. The second-order valence-corrected chi connectivity index (χ2v) is 9.22. The molecule has 3 aromatic carbocycles. The summed E-state index contributed by atoms with van der Waals surface area (Å²) in [6.07, 6.45) is 5.93. The van der Waals surface area contributed by atoms with Gasteiger partial charge in [-0.25, -0.2) is 0 Å². The molecule has 2 N–H and O–H groups in total. The summed E-state index contributed by atoms with van der Waals surface area (Å²) < 4.78 is 5.35. The number of hydrogen-bond acceptors (Lipinski definition) is 5. The molecule has 0 fully saturated rings. The molecule has 0 aliphatic heterocycles. The number of benzene rings is 3. The molecule has 0 saturated heterocycles. The summed E-state index contributed by atoms with van der Waals surface area (Å²) >= 11 is 1.63. The van der Waals surface area contributed by atoms with Crippen molar-refractivity contribution in [2.45, 2.75) is 16.2 Å². The molecule has 6 nitrogen and oxygen atoms in total. The summed E-state index contributed by atoms with van der Waals surface area (Å²) in [5.74, 6) is 0.619. The van der Waals surface area contributed by atoms with Crippen LogP contribution < -0.4 is 10.1 Å². The third-order valence-electron chi connectivity index (χ3n) is 5.56. The van der Waals surface area contributed by atoms with Crippen LogP contribution in [-0.4, -0.2) is 28.2 Å². The third-order valence-corrected chi connectivity index (χ3v) is 6.54. The number of H-pyrrole nitrogens is 1. The number of aromatic nitrogens is 3. The van der Waals surface area contributed by atoms with E-state index in [0.29, 0.717) is 5.75 Å². The Morgan fingerprint density at radius 2 is 1.83 bits per heavy atom. The third kappa shape index (κ3) is 5.64. The number of hydrogen-bond donors (Lipinski definition) is 2. The zero-order valence-corrected chi connectivity index (χ0v) is 20.5. The van der Waals surface area contributed by atoms with Crippen LogP contribution >= 0.6 is 11.8 Å².